The molecule has 0 radical (unpaired) electrons. The van der Waals surface area contributed by atoms with Crippen LogP contribution in [-0.4, -0.2) is 34.3 Å². The highest BCUT2D eigenvalue weighted by Crippen LogP contribution is 2.02. The lowest BCUT2D eigenvalue weighted by Gasteiger charge is -2.09. The van der Waals surface area contributed by atoms with Gasteiger partial charge in [0, 0.05) is 6.54 Å². The highest BCUT2D eigenvalue weighted by Gasteiger charge is 2.14. The molecule has 10 heteroatoms. The summed E-state index contributed by atoms with van der Waals surface area (Å²) in [5, 5.41) is 7.15. The smallest absolute Gasteiger partial charge is 0.328 e. The first kappa shape index (κ1) is 20.5. The normalized spacial score (nSPS) is 10.4. The van der Waals surface area contributed by atoms with Gasteiger partial charge >= 0.3 is 12.0 Å². The van der Waals surface area contributed by atoms with E-state index in [0.717, 1.165) is 10.2 Å². The molecule has 0 saturated heterocycles. The van der Waals surface area contributed by atoms with Crippen molar-refractivity contribution in [2.24, 2.45) is 0 Å². The number of urea groups is 1. The van der Waals surface area contributed by atoms with E-state index in [9.17, 15) is 24.0 Å². The maximum Gasteiger partial charge on any atom is 0.328 e. The molecule has 0 atom stereocenters. The number of rotatable bonds is 6. The Morgan fingerprint density at radius 1 is 0.933 bits per heavy atom. The number of nitrogens with one attached hydrogen (secondary N) is 3. The Labute approximate surface area is 169 Å². The number of nitrogens with zero attached hydrogens (tertiary/aromatic N) is 1. The van der Waals surface area contributed by atoms with E-state index in [1.54, 1.807) is 12.1 Å². The summed E-state index contributed by atoms with van der Waals surface area (Å²) in [7, 11) is 0. The maximum absolute atomic E-state index is 12.3. The fourth-order valence-electron chi connectivity index (χ4n) is 2.66. The summed E-state index contributed by atoms with van der Waals surface area (Å²) in [6.07, 6.45) is 0. The Bertz CT molecular complexity index is 1200. The number of amides is 3. The van der Waals surface area contributed by atoms with Crippen LogP contribution in [0.1, 0.15) is 5.56 Å². The summed E-state index contributed by atoms with van der Waals surface area (Å²) in [5.41, 5.74) is -0.265. The van der Waals surface area contributed by atoms with E-state index >= 15 is 0 Å². The molecule has 0 aliphatic heterocycles. The molecule has 0 unspecified atom stereocenters. The number of carbonyl (C=O) groups is 3. The summed E-state index contributed by atoms with van der Waals surface area (Å²) in [5.74, 6) is -1.77. The van der Waals surface area contributed by atoms with E-state index in [0.29, 0.717) is 0 Å². The number of benzene rings is 2. The van der Waals surface area contributed by atoms with E-state index < -0.39 is 42.2 Å². The van der Waals surface area contributed by atoms with Crippen LogP contribution in [0.3, 0.4) is 0 Å². The van der Waals surface area contributed by atoms with Crippen molar-refractivity contribution in [1.29, 1.82) is 0 Å². The summed E-state index contributed by atoms with van der Waals surface area (Å²) < 4.78 is 5.57. The highest BCUT2D eigenvalue weighted by atomic mass is 16.5. The van der Waals surface area contributed by atoms with Crippen molar-refractivity contribution in [2.75, 3.05) is 6.61 Å². The van der Waals surface area contributed by atoms with Crippen LogP contribution in [0.5, 0.6) is 0 Å². The fraction of sp³-hybridized carbons (Fsp3) is 0.150. The number of ether oxygens (including phenoxy) is 1. The summed E-state index contributed by atoms with van der Waals surface area (Å²) in [4.78, 5) is 59.7. The van der Waals surface area contributed by atoms with Gasteiger partial charge in [-0.2, -0.15) is 0 Å². The van der Waals surface area contributed by atoms with Gasteiger partial charge in [-0.05, 0) is 17.7 Å². The number of hydrogen-bond donors (Lipinski definition) is 3. The van der Waals surface area contributed by atoms with Crippen molar-refractivity contribution in [2.45, 2.75) is 13.1 Å². The van der Waals surface area contributed by atoms with E-state index in [1.165, 1.54) is 12.1 Å². The Hall–Kier alpha value is -4.21. The van der Waals surface area contributed by atoms with Crippen molar-refractivity contribution in [3.8, 4) is 0 Å². The van der Waals surface area contributed by atoms with Gasteiger partial charge in [0.25, 0.3) is 17.0 Å². The van der Waals surface area contributed by atoms with E-state index in [1.807, 2.05) is 35.6 Å². The molecule has 10 nitrogen and oxygen atoms in total. The number of carbonyl (C=O) groups excluding carboxylic acids is 3. The summed E-state index contributed by atoms with van der Waals surface area (Å²) in [6, 6.07) is 14.5. The number of esters is 1. The third kappa shape index (κ3) is 5.19. The van der Waals surface area contributed by atoms with Gasteiger partial charge in [0.05, 0.1) is 10.8 Å². The van der Waals surface area contributed by atoms with Gasteiger partial charge in [-0.25, -0.2) is 9.48 Å². The number of aromatic amines is 1. The lowest BCUT2D eigenvalue weighted by atomic mass is 10.2. The average molecular weight is 410 g/mol. The van der Waals surface area contributed by atoms with Gasteiger partial charge in [0.15, 0.2) is 6.61 Å². The maximum atomic E-state index is 12.3. The zero-order valence-corrected chi connectivity index (χ0v) is 15.7. The molecular formula is C20H18N4O6. The number of fused-ring (bicyclic) bond motifs is 1. The van der Waals surface area contributed by atoms with E-state index in [2.05, 4.69) is 10.4 Å². The van der Waals surface area contributed by atoms with Gasteiger partial charge in [-0.1, -0.05) is 42.5 Å². The zero-order valence-electron chi connectivity index (χ0n) is 15.7. The number of aromatic nitrogens is 2. The van der Waals surface area contributed by atoms with Crippen molar-refractivity contribution in [3.63, 3.8) is 0 Å². The van der Waals surface area contributed by atoms with Gasteiger partial charge in [-0.3, -0.25) is 29.6 Å². The van der Waals surface area contributed by atoms with Gasteiger partial charge in [0.2, 0.25) is 0 Å². The molecule has 0 saturated carbocycles. The van der Waals surface area contributed by atoms with Gasteiger partial charge in [0.1, 0.15) is 6.54 Å². The zero-order chi connectivity index (χ0) is 21.5. The molecule has 0 aliphatic rings. The van der Waals surface area contributed by atoms with E-state index in [4.69, 9.17) is 4.74 Å². The first-order valence-corrected chi connectivity index (χ1v) is 8.93. The quantitative estimate of drug-likeness (QED) is 0.498. The van der Waals surface area contributed by atoms with Gasteiger partial charge in [-0.15, -0.1) is 0 Å². The Morgan fingerprint density at radius 2 is 1.60 bits per heavy atom. The Morgan fingerprint density at radius 3 is 2.33 bits per heavy atom. The molecule has 154 valence electrons. The monoisotopic (exact) mass is 410 g/mol. The molecule has 30 heavy (non-hydrogen) atoms. The summed E-state index contributed by atoms with van der Waals surface area (Å²) >= 11 is 0. The van der Waals surface area contributed by atoms with Crippen LogP contribution < -0.4 is 21.8 Å². The molecule has 2 aromatic carbocycles. The SMILES string of the molecule is O=C(COC(=O)Cn1[nH]c(=O)c2ccccc2c1=O)NC(=O)NCc1ccccc1. The molecule has 0 spiro atoms. The second kappa shape index (κ2) is 9.32. The molecule has 0 aliphatic carbocycles. The van der Waals surface area contributed by atoms with Crippen LogP contribution in [0.25, 0.3) is 10.8 Å². The second-order valence-corrected chi connectivity index (χ2v) is 6.25. The van der Waals surface area contributed by atoms with Crippen molar-refractivity contribution >= 4 is 28.7 Å². The first-order valence-electron chi connectivity index (χ1n) is 8.93. The highest BCUT2D eigenvalue weighted by molar-refractivity contribution is 5.95. The molecular weight excluding hydrogens is 392 g/mol. The average Bonchev–Trinajstić information content (AvgIpc) is 2.75. The Kier molecular flexibility index (Phi) is 6.38. The minimum atomic E-state index is -0.928. The van der Waals surface area contributed by atoms with Crippen LogP contribution in [0, 0.1) is 0 Å². The van der Waals surface area contributed by atoms with Crippen molar-refractivity contribution in [3.05, 3.63) is 80.9 Å². The predicted octanol–water partition coefficient (Wildman–Crippen LogP) is 0.259. The number of H-pyrrole nitrogens is 1. The van der Waals surface area contributed by atoms with Gasteiger partial charge < -0.3 is 10.1 Å². The molecule has 3 rings (SSSR count). The minimum Gasteiger partial charge on any atom is -0.454 e. The third-order valence-corrected chi connectivity index (χ3v) is 4.08. The standard InChI is InChI=1S/C20H18N4O6/c25-16(22-20(29)21-10-13-6-2-1-3-7-13)12-30-17(26)11-24-19(28)15-9-5-4-8-14(15)18(27)23-24/h1-9H,10-12H2,(H,23,27)(H2,21,22,25,29). The van der Waals surface area contributed by atoms with Crippen molar-refractivity contribution in [1.82, 2.24) is 20.4 Å². The molecule has 0 bridgehead atoms. The lowest BCUT2D eigenvalue weighted by Crippen LogP contribution is -2.41. The summed E-state index contributed by atoms with van der Waals surface area (Å²) in [6.45, 7) is -1.09. The fourth-order valence-corrected chi connectivity index (χ4v) is 2.66. The molecule has 3 N–H and O–H groups in total. The van der Waals surface area contributed by atoms with Crippen LogP contribution in [0.2, 0.25) is 0 Å². The first-order chi connectivity index (χ1) is 14.4. The van der Waals surface area contributed by atoms with Crippen LogP contribution in [0.15, 0.2) is 64.2 Å². The van der Waals surface area contributed by atoms with Crippen LogP contribution in [0.4, 0.5) is 4.79 Å². The van der Waals surface area contributed by atoms with Crippen molar-refractivity contribution < 1.29 is 19.1 Å². The minimum absolute atomic E-state index is 0.155. The number of imide groups is 1. The van der Waals surface area contributed by atoms with Crippen LogP contribution in [-0.2, 0) is 27.4 Å². The number of hydrogen-bond acceptors (Lipinski definition) is 6. The van der Waals surface area contributed by atoms with Crippen LogP contribution >= 0.6 is 0 Å². The lowest BCUT2D eigenvalue weighted by molar-refractivity contribution is -0.149. The third-order valence-electron chi connectivity index (χ3n) is 4.08. The predicted molar refractivity (Wildman–Crippen MR) is 107 cm³/mol. The Balaban J connectivity index is 1.50. The molecule has 3 aromatic rings. The molecule has 1 aromatic heterocycles. The van der Waals surface area contributed by atoms with E-state index in [-0.39, 0.29) is 17.3 Å². The molecule has 3 amide bonds. The second-order valence-electron chi connectivity index (χ2n) is 6.25. The molecule has 0 fully saturated rings. The molecule has 1 heterocycles. The largest absolute Gasteiger partial charge is 0.454 e. The topological polar surface area (TPSA) is 139 Å².